The van der Waals surface area contributed by atoms with Gasteiger partial charge in [0.1, 0.15) is 6.04 Å². The maximum absolute atomic E-state index is 12.1. The van der Waals surface area contributed by atoms with Crippen molar-refractivity contribution >= 4 is 46.8 Å². The number of benzene rings is 1. The third-order valence-corrected chi connectivity index (χ3v) is 4.17. The molecule has 1 saturated heterocycles. The number of carboxylic acid groups (broad SMARTS) is 2. The summed E-state index contributed by atoms with van der Waals surface area (Å²) in [5.41, 5.74) is 0.753. The number of imide groups is 1. The third-order valence-electron chi connectivity index (χ3n) is 3.36. The van der Waals surface area contributed by atoms with Gasteiger partial charge in [-0.05, 0) is 42.0 Å². The van der Waals surface area contributed by atoms with Crippen LogP contribution in [0.25, 0.3) is 6.08 Å². The fourth-order valence-electron chi connectivity index (χ4n) is 2.07. The van der Waals surface area contributed by atoms with Gasteiger partial charge in [-0.3, -0.25) is 24.5 Å². The Labute approximate surface area is 151 Å². The molecule has 0 radical (unpaired) electrons. The first-order chi connectivity index (χ1) is 12.3. The molecule has 9 nitrogen and oxygen atoms in total. The van der Waals surface area contributed by atoms with Crippen LogP contribution in [0.4, 0.5) is 4.79 Å². The Morgan fingerprint density at radius 1 is 1.15 bits per heavy atom. The van der Waals surface area contributed by atoms with Crippen molar-refractivity contribution in [2.75, 3.05) is 0 Å². The van der Waals surface area contributed by atoms with Crippen molar-refractivity contribution in [2.45, 2.75) is 18.9 Å². The number of nitrogens with one attached hydrogen (secondary N) is 2. The second kappa shape index (κ2) is 8.30. The zero-order chi connectivity index (χ0) is 19.3. The van der Waals surface area contributed by atoms with Crippen molar-refractivity contribution < 1.29 is 34.2 Å². The summed E-state index contributed by atoms with van der Waals surface area (Å²) < 4.78 is 0. The first-order valence-corrected chi connectivity index (χ1v) is 8.18. The monoisotopic (exact) mass is 378 g/mol. The Morgan fingerprint density at radius 2 is 1.81 bits per heavy atom. The summed E-state index contributed by atoms with van der Waals surface area (Å²) in [6.45, 7) is 0. The highest BCUT2D eigenvalue weighted by atomic mass is 32.2. The van der Waals surface area contributed by atoms with Gasteiger partial charge in [-0.25, -0.2) is 4.79 Å². The predicted molar refractivity (Wildman–Crippen MR) is 91.3 cm³/mol. The lowest BCUT2D eigenvalue weighted by Gasteiger charge is -2.13. The van der Waals surface area contributed by atoms with E-state index in [1.54, 1.807) is 0 Å². The highest BCUT2D eigenvalue weighted by Crippen LogP contribution is 2.25. The highest BCUT2D eigenvalue weighted by Gasteiger charge is 2.25. The van der Waals surface area contributed by atoms with Crippen molar-refractivity contribution in [3.05, 3.63) is 40.3 Å². The lowest BCUT2D eigenvalue weighted by atomic mass is 10.1. The van der Waals surface area contributed by atoms with Crippen molar-refractivity contribution in [3.63, 3.8) is 0 Å². The Bertz CT molecular complexity index is 801. The SMILES string of the molecule is O=C(O)CC[C@@H](NC(=O)c1ccc(/C=C2\SC(=O)NC2=O)cc1)C(=O)O. The number of hydrogen-bond donors (Lipinski definition) is 4. The van der Waals surface area contributed by atoms with Gasteiger partial charge in [-0.1, -0.05) is 12.1 Å². The third kappa shape index (κ3) is 5.18. The fraction of sp³-hybridized carbons (Fsp3) is 0.188. The minimum absolute atomic E-state index is 0.174. The zero-order valence-electron chi connectivity index (χ0n) is 13.2. The van der Waals surface area contributed by atoms with Crippen LogP contribution >= 0.6 is 11.8 Å². The maximum atomic E-state index is 12.1. The molecular formula is C16H14N2O7S. The molecule has 4 N–H and O–H groups in total. The number of carboxylic acids is 2. The first-order valence-electron chi connectivity index (χ1n) is 7.36. The standard InChI is InChI=1S/C16H14N2O7S/c19-12(20)6-5-10(15(23)24)17-13(21)9-3-1-8(2-4-9)7-11-14(22)18-16(25)26-11/h1-4,7,10H,5-6H2,(H,17,21)(H,19,20)(H,23,24)(H,18,22,25)/b11-7-/t10-/m1/s1. The molecule has 1 aromatic carbocycles. The van der Waals surface area contributed by atoms with Gasteiger partial charge in [0.25, 0.3) is 17.1 Å². The summed E-state index contributed by atoms with van der Waals surface area (Å²) in [6.07, 6.45) is 0.864. The molecule has 0 aliphatic carbocycles. The minimum Gasteiger partial charge on any atom is -0.481 e. The van der Waals surface area contributed by atoms with Crippen LogP contribution in [-0.2, 0) is 14.4 Å². The molecule has 0 bridgehead atoms. The second-order valence-electron chi connectivity index (χ2n) is 5.27. The molecule has 10 heteroatoms. The maximum Gasteiger partial charge on any atom is 0.326 e. The van der Waals surface area contributed by atoms with E-state index in [4.69, 9.17) is 10.2 Å². The molecule has 0 unspecified atom stereocenters. The Morgan fingerprint density at radius 3 is 2.31 bits per heavy atom. The van der Waals surface area contributed by atoms with E-state index in [0.29, 0.717) is 5.56 Å². The van der Waals surface area contributed by atoms with Gasteiger partial charge in [0.2, 0.25) is 0 Å². The van der Waals surface area contributed by atoms with E-state index in [-0.39, 0.29) is 23.3 Å². The van der Waals surface area contributed by atoms with E-state index in [2.05, 4.69) is 10.6 Å². The summed E-state index contributed by atoms with van der Waals surface area (Å²) in [5.74, 6) is -3.64. The number of rotatable bonds is 7. The molecule has 2 rings (SSSR count). The minimum atomic E-state index is -1.32. The lowest BCUT2D eigenvalue weighted by molar-refractivity contribution is -0.140. The van der Waals surface area contributed by atoms with Crippen LogP contribution in [0.1, 0.15) is 28.8 Å². The molecule has 1 aliphatic heterocycles. The second-order valence-corrected chi connectivity index (χ2v) is 6.29. The number of thioether (sulfide) groups is 1. The number of hydrogen-bond acceptors (Lipinski definition) is 6. The number of amides is 3. The number of carbonyl (C=O) groups is 5. The zero-order valence-corrected chi connectivity index (χ0v) is 14.0. The van der Waals surface area contributed by atoms with Crippen LogP contribution in [0.15, 0.2) is 29.2 Å². The van der Waals surface area contributed by atoms with Crippen LogP contribution in [0.3, 0.4) is 0 Å². The van der Waals surface area contributed by atoms with Crippen molar-refractivity contribution in [3.8, 4) is 0 Å². The molecule has 136 valence electrons. The predicted octanol–water partition coefficient (Wildman–Crippen LogP) is 1.06. The Balaban J connectivity index is 2.04. The van der Waals surface area contributed by atoms with Crippen molar-refractivity contribution in [1.29, 1.82) is 0 Å². The van der Waals surface area contributed by atoms with Crippen molar-refractivity contribution in [1.82, 2.24) is 10.6 Å². The molecule has 1 fully saturated rings. The van der Waals surface area contributed by atoms with Gasteiger partial charge in [-0.15, -0.1) is 0 Å². The quantitative estimate of drug-likeness (QED) is 0.514. The number of carbonyl (C=O) groups excluding carboxylic acids is 3. The Hall–Kier alpha value is -3.14. The van der Waals surface area contributed by atoms with E-state index < -0.39 is 35.0 Å². The van der Waals surface area contributed by atoms with Crippen LogP contribution < -0.4 is 10.6 Å². The van der Waals surface area contributed by atoms with Gasteiger partial charge in [0.05, 0.1) is 4.91 Å². The van der Waals surface area contributed by atoms with Gasteiger partial charge in [-0.2, -0.15) is 0 Å². The summed E-state index contributed by atoms with van der Waals surface area (Å²) in [5, 5.41) is 21.6. The molecule has 0 aromatic heterocycles. The van der Waals surface area contributed by atoms with Gasteiger partial charge in [0, 0.05) is 12.0 Å². The average molecular weight is 378 g/mol. The first kappa shape index (κ1) is 19.2. The van der Waals surface area contributed by atoms with E-state index in [9.17, 15) is 24.0 Å². The van der Waals surface area contributed by atoms with Gasteiger partial charge >= 0.3 is 11.9 Å². The molecule has 1 atom stereocenters. The van der Waals surface area contributed by atoms with Gasteiger partial charge < -0.3 is 15.5 Å². The normalized spacial score (nSPS) is 16.2. The van der Waals surface area contributed by atoms with Crippen LogP contribution in [0.5, 0.6) is 0 Å². The molecule has 0 spiro atoms. The van der Waals surface area contributed by atoms with E-state index in [1.807, 2.05) is 0 Å². The molecule has 3 amide bonds. The molecule has 1 aromatic rings. The van der Waals surface area contributed by atoms with Crippen LogP contribution in [0, 0.1) is 0 Å². The smallest absolute Gasteiger partial charge is 0.326 e. The van der Waals surface area contributed by atoms with E-state index in [0.717, 1.165) is 11.8 Å². The van der Waals surface area contributed by atoms with Crippen LogP contribution in [0.2, 0.25) is 0 Å². The highest BCUT2D eigenvalue weighted by molar-refractivity contribution is 8.18. The molecule has 26 heavy (non-hydrogen) atoms. The van der Waals surface area contributed by atoms with E-state index in [1.165, 1.54) is 30.3 Å². The van der Waals surface area contributed by atoms with Crippen molar-refractivity contribution in [2.24, 2.45) is 0 Å². The Kier molecular flexibility index (Phi) is 6.12. The van der Waals surface area contributed by atoms with E-state index >= 15 is 0 Å². The molecule has 0 saturated carbocycles. The summed E-state index contributed by atoms with van der Waals surface area (Å²) in [7, 11) is 0. The number of aliphatic carboxylic acids is 2. The van der Waals surface area contributed by atoms with Gasteiger partial charge in [0.15, 0.2) is 0 Å². The lowest BCUT2D eigenvalue weighted by Crippen LogP contribution is -2.41. The topological polar surface area (TPSA) is 150 Å². The molecular weight excluding hydrogens is 364 g/mol. The summed E-state index contributed by atoms with van der Waals surface area (Å²) in [4.78, 5) is 56.6. The summed E-state index contributed by atoms with van der Waals surface area (Å²) in [6, 6.07) is 4.61. The summed E-state index contributed by atoms with van der Waals surface area (Å²) >= 11 is 0.767. The van der Waals surface area contributed by atoms with Crippen LogP contribution in [-0.4, -0.2) is 45.2 Å². The average Bonchev–Trinajstić information content (AvgIpc) is 2.88. The molecule has 1 aliphatic rings. The largest absolute Gasteiger partial charge is 0.481 e. The molecule has 1 heterocycles. The fourth-order valence-corrected chi connectivity index (χ4v) is 2.75.